The Morgan fingerprint density at radius 1 is 1.40 bits per heavy atom. The first-order valence-corrected chi connectivity index (χ1v) is 10.2. The van der Waals surface area contributed by atoms with Crippen molar-refractivity contribution in [1.82, 2.24) is 14.9 Å². The van der Waals surface area contributed by atoms with Crippen LogP contribution in [-0.2, 0) is 24.2 Å². The van der Waals surface area contributed by atoms with Crippen molar-refractivity contribution in [2.24, 2.45) is 0 Å². The van der Waals surface area contributed by atoms with Gasteiger partial charge in [-0.25, -0.2) is 4.98 Å². The van der Waals surface area contributed by atoms with Gasteiger partial charge < -0.3 is 5.32 Å². The van der Waals surface area contributed by atoms with E-state index >= 15 is 0 Å². The van der Waals surface area contributed by atoms with Gasteiger partial charge in [-0.15, -0.1) is 22.7 Å². The molecule has 3 aromatic rings. The van der Waals surface area contributed by atoms with Crippen molar-refractivity contribution in [1.29, 1.82) is 0 Å². The Morgan fingerprint density at radius 3 is 3.04 bits per heavy atom. The number of fused-ring (bicyclic) bond motifs is 3. The van der Waals surface area contributed by atoms with Gasteiger partial charge in [0.25, 0.3) is 5.56 Å². The number of nitrogens with zero attached hydrogens (tertiary/aromatic N) is 2. The first-order valence-electron chi connectivity index (χ1n) is 8.46. The van der Waals surface area contributed by atoms with Crippen molar-refractivity contribution in [3.8, 4) is 0 Å². The summed E-state index contributed by atoms with van der Waals surface area (Å²) < 4.78 is 1.43. The maximum Gasteiger partial charge on any atom is 0.262 e. The smallest absolute Gasteiger partial charge is 0.262 e. The highest BCUT2D eigenvalue weighted by atomic mass is 32.1. The Balaban J connectivity index is 1.58. The summed E-state index contributed by atoms with van der Waals surface area (Å²) in [5.41, 5.74) is 1.06. The van der Waals surface area contributed by atoms with E-state index in [9.17, 15) is 9.59 Å². The van der Waals surface area contributed by atoms with Gasteiger partial charge in [0.1, 0.15) is 11.4 Å². The zero-order valence-corrected chi connectivity index (χ0v) is 15.6. The van der Waals surface area contributed by atoms with Crippen LogP contribution in [0.15, 0.2) is 28.6 Å². The second-order valence-corrected chi connectivity index (χ2v) is 8.44. The zero-order chi connectivity index (χ0) is 17.4. The van der Waals surface area contributed by atoms with Crippen LogP contribution >= 0.6 is 22.7 Å². The van der Waals surface area contributed by atoms with Crippen molar-refractivity contribution in [3.63, 3.8) is 0 Å². The van der Waals surface area contributed by atoms with Crippen LogP contribution < -0.4 is 10.9 Å². The summed E-state index contributed by atoms with van der Waals surface area (Å²) in [6.07, 6.45) is 5.78. The normalized spacial score (nSPS) is 15.1. The predicted molar refractivity (Wildman–Crippen MR) is 101 cm³/mol. The van der Waals surface area contributed by atoms with Crippen LogP contribution in [0, 0.1) is 0 Å². The van der Waals surface area contributed by atoms with Crippen molar-refractivity contribution in [2.45, 2.75) is 45.2 Å². The minimum Gasteiger partial charge on any atom is -0.347 e. The predicted octanol–water partition coefficient (Wildman–Crippen LogP) is 3.28. The van der Waals surface area contributed by atoms with Crippen LogP contribution in [0.4, 0.5) is 0 Å². The van der Waals surface area contributed by atoms with E-state index in [4.69, 9.17) is 0 Å². The molecule has 0 fully saturated rings. The fourth-order valence-corrected chi connectivity index (χ4v) is 5.30. The van der Waals surface area contributed by atoms with Gasteiger partial charge in [-0.3, -0.25) is 14.2 Å². The molecule has 3 aromatic heterocycles. The second kappa shape index (κ2) is 6.72. The Bertz CT molecular complexity index is 972. The number of hydrogen-bond acceptors (Lipinski definition) is 5. The summed E-state index contributed by atoms with van der Waals surface area (Å²) in [4.78, 5) is 32.8. The maximum atomic E-state index is 12.9. The summed E-state index contributed by atoms with van der Waals surface area (Å²) in [5.74, 6) is -0.173. The summed E-state index contributed by atoms with van der Waals surface area (Å²) in [7, 11) is 0. The molecule has 1 aliphatic rings. The number of carbonyl (C=O) groups is 1. The topological polar surface area (TPSA) is 64.0 Å². The van der Waals surface area contributed by atoms with Gasteiger partial charge in [0.15, 0.2) is 0 Å². The standard InChI is InChI=1S/C18H19N3O2S2/c1-11(13-7-4-8-24-13)20-15(22)9-21-10-19-17-16(18(21)23)12-5-2-3-6-14(12)25-17/h4,7-8,10-11H,2-3,5-6,9H2,1H3,(H,20,22)/t11-/m1/s1. The third kappa shape index (κ3) is 3.14. The molecule has 1 atom stereocenters. The van der Waals surface area contributed by atoms with Crippen LogP contribution in [0.1, 0.15) is 41.1 Å². The lowest BCUT2D eigenvalue weighted by molar-refractivity contribution is -0.122. The van der Waals surface area contributed by atoms with Crippen LogP contribution in [-0.4, -0.2) is 15.5 Å². The Labute approximate surface area is 153 Å². The summed E-state index contributed by atoms with van der Waals surface area (Å²) in [6, 6.07) is 3.89. The molecule has 0 aromatic carbocycles. The van der Waals surface area contributed by atoms with Gasteiger partial charge in [-0.2, -0.15) is 0 Å². The first kappa shape index (κ1) is 16.5. The molecule has 7 heteroatoms. The molecular formula is C18H19N3O2S2. The van der Waals surface area contributed by atoms with Crippen molar-refractivity contribution >= 4 is 38.8 Å². The molecule has 0 saturated heterocycles. The quantitative estimate of drug-likeness (QED) is 0.763. The lowest BCUT2D eigenvalue weighted by Gasteiger charge is -2.13. The number of aryl methyl sites for hydroxylation is 2. The van der Waals surface area contributed by atoms with E-state index in [1.54, 1.807) is 22.7 Å². The highest BCUT2D eigenvalue weighted by Crippen LogP contribution is 2.33. The zero-order valence-electron chi connectivity index (χ0n) is 13.9. The van der Waals surface area contributed by atoms with Crippen LogP contribution in [0.25, 0.3) is 10.2 Å². The molecule has 0 aliphatic heterocycles. The molecule has 0 bridgehead atoms. The Hall–Kier alpha value is -1.99. The largest absolute Gasteiger partial charge is 0.347 e. The van der Waals surface area contributed by atoms with Crippen LogP contribution in [0.2, 0.25) is 0 Å². The molecule has 0 saturated carbocycles. The average Bonchev–Trinajstić information content (AvgIpc) is 3.24. The monoisotopic (exact) mass is 373 g/mol. The maximum absolute atomic E-state index is 12.9. The third-order valence-corrected chi connectivity index (χ3v) is 6.86. The molecule has 1 N–H and O–H groups in total. The fraction of sp³-hybridized carbons (Fsp3) is 0.389. The molecule has 130 valence electrons. The summed E-state index contributed by atoms with van der Waals surface area (Å²) in [6.45, 7) is 1.95. The van der Waals surface area contributed by atoms with Gasteiger partial charge in [0.05, 0.1) is 17.8 Å². The van der Waals surface area contributed by atoms with Gasteiger partial charge in [-0.1, -0.05) is 6.07 Å². The number of carbonyl (C=O) groups excluding carboxylic acids is 1. The molecular weight excluding hydrogens is 354 g/mol. The van der Waals surface area contributed by atoms with Crippen LogP contribution in [0.3, 0.4) is 0 Å². The Kier molecular flexibility index (Phi) is 4.43. The number of hydrogen-bond donors (Lipinski definition) is 1. The van der Waals surface area contributed by atoms with Crippen LogP contribution in [0.5, 0.6) is 0 Å². The minimum absolute atomic E-state index is 0.00209. The SMILES string of the molecule is C[C@@H](NC(=O)Cn1cnc2sc3c(c2c1=O)CCCC3)c1cccs1. The van der Waals surface area contributed by atoms with E-state index < -0.39 is 0 Å². The van der Waals surface area contributed by atoms with E-state index in [0.717, 1.165) is 39.9 Å². The second-order valence-electron chi connectivity index (χ2n) is 6.37. The molecule has 5 nitrogen and oxygen atoms in total. The van der Waals surface area contributed by atoms with E-state index in [0.29, 0.717) is 0 Å². The van der Waals surface area contributed by atoms with Gasteiger partial charge in [0.2, 0.25) is 5.91 Å². The van der Waals surface area contributed by atoms with Gasteiger partial charge >= 0.3 is 0 Å². The van der Waals surface area contributed by atoms with Crippen molar-refractivity contribution in [3.05, 3.63) is 49.5 Å². The first-order chi connectivity index (χ1) is 12.1. The number of amides is 1. The molecule has 1 aliphatic carbocycles. The molecule has 25 heavy (non-hydrogen) atoms. The summed E-state index contributed by atoms with van der Waals surface area (Å²) in [5, 5.41) is 5.66. The average molecular weight is 374 g/mol. The molecule has 0 radical (unpaired) electrons. The third-order valence-electron chi connectivity index (χ3n) is 4.60. The van der Waals surface area contributed by atoms with Gasteiger partial charge in [-0.05, 0) is 49.6 Å². The molecule has 1 amide bonds. The molecule has 4 rings (SSSR count). The Morgan fingerprint density at radius 2 is 2.24 bits per heavy atom. The van der Waals surface area contributed by atoms with E-state index in [-0.39, 0.29) is 24.1 Å². The fourth-order valence-electron chi connectivity index (χ4n) is 3.34. The number of aromatic nitrogens is 2. The lowest BCUT2D eigenvalue weighted by Crippen LogP contribution is -2.33. The van der Waals surface area contributed by atoms with Crippen molar-refractivity contribution in [2.75, 3.05) is 0 Å². The molecule has 0 unspecified atom stereocenters. The highest BCUT2D eigenvalue weighted by molar-refractivity contribution is 7.18. The lowest BCUT2D eigenvalue weighted by atomic mass is 9.97. The highest BCUT2D eigenvalue weighted by Gasteiger charge is 2.20. The van der Waals surface area contributed by atoms with Crippen molar-refractivity contribution < 1.29 is 4.79 Å². The minimum atomic E-state index is -0.173. The van der Waals surface area contributed by atoms with Gasteiger partial charge in [0, 0.05) is 9.75 Å². The van der Waals surface area contributed by atoms with E-state index in [2.05, 4.69) is 10.3 Å². The van der Waals surface area contributed by atoms with E-state index in [1.807, 2.05) is 24.4 Å². The number of thiophene rings is 2. The van der Waals surface area contributed by atoms with E-state index in [1.165, 1.54) is 22.2 Å². The molecule has 0 spiro atoms. The number of rotatable bonds is 4. The number of nitrogens with one attached hydrogen (secondary N) is 1. The molecule has 3 heterocycles. The summed E-state index contributed by atoms with van der Waals surface area (Å²) >= 11 is 3.23.